The predicted molar refractivity (Wildman–Crippen MR) is 80.1 cm³/mol. The van der Waals surface area contributed by atoms with Gasteiger partial charge in [0.05, 0.1) is 17.5 Å². The molecule has 0 amide bonds. The molecule has 1 unspecified atom stereocenters. The number of hydrogen-bond acceptors (Lipinski definition) is 4. The molecule has 1 N–H and O–H groups in total. The van der Waals surface area contributed by atoms with E-state index >= 15 is 0 Å². The molecule has 0 fully saturated rings. The number of Topliss-reactive ketones (excluding diaryl/α,β-unsaturated/α-hetero) is 1. The lowest BCUT2D eigenvalue weighted by molar-refractivity contribution is 0.0367. The van der Waals surface area contributed by atoms with Crippen molar-refractivity contribution in [3.05, 3.63) is 68.6 Å². The van der Waals surface area contributed by atoms with Crippen molar-refractivity contribution in [1.29, 1.82) is 0 Å². The number of ketones is 1. The van der Waals surface area contributed by atoms with Crippen molar-refractivity contribution in [1.82, 2.24) is 4.98 Å². The summed E-state index contributed by atoms with van der Waals surface area (Å²) in [5, 5.41) is 0. The van der Waals surface area contributed by atoms with Gasteiger partial charge in [0.1, 0.15) is 6.10 Å². The summed E-state index contributed by atoms with van der Waals surface area (Å²) in [7, 11) is 0. The second-order valence-electron chi connectivity index (χ2n) is 5.45. The van der Waals surface area contributed by atoms with Crippen LogP contribution in [-0.2, 0) is 4.74 Å². The average Bonchev–Trinajstić information content (AvgIpc) is 2.75. The van der Waals surface area contributed by atoms with Crippen LogP contribution < -0.4 is 5.56 Å². The van der Waals surface area contributed by atoms with Gasteiger partial charge in [0.2, 0.25) is 0 Å². The number of aromatic amines is 1. The Hall–Kier alpha value is -2.69. The number of benzene rings is 1. The second kappa shape index (κ2) is 5.26. The molecule has 0 saturated carbocycles. The number of hydrogen-bond donors (Lipinski definition) is 1. The summed E-state index contributed by atoms with van der Waals surface area (Å²) in [5.41, 5.74) is 2.24. The van der Waals surface area contributed by atoms with Gasteiger partial charge < -0.3 is 9.72 Å². The molecule has 3 rings (SSSR count). The van der Waals surface area contributed by atoms with E-state index in [9.17, 15) is 14.4 Å². The molecule has 112 valence electrons. The van der Waals surface area contributed by atoms with Crippen LogP contribution in [-0.4, -0.2) is 16.7 Å². The highest BCUT2D eigenvalue weighted by atomic mass is 16.5. The first-order valence-corrected chi connectivity index (χ1v) is 7.01. The Morgan fingerprint density at radius 2 is 1.95 bits per heavy atom. The van der Waals surface area contributed by atoms with Gasteiger partial charge in [-0.3, -0.25) is 9.59 Å². The summed E-state index contributed by atoms with van der Waals surface area (Å²) in [4.78, 5) is 38.9. The highest BCUT2D eigenvalue weighted by molar-refractivity contribution is 5.99. The number of carbonyl (C=O) groups is 2. The minimum Gasteiger partial charge on any atom is -0.453 e. The summed E-state index contributed by atoms with van der Waals surface area (Å²) >= 11 is 0. The average molecular weight is 297 g/mol. The van der Waals surface area contributed by atoms with Crippen LogP contribution in [0.2, 0.25) is 0 Å². The van der Waals surface area contributed by atoms with Crippen molar-refractivity contribution in [3.8, 4) is 0 Å². The fourth-order valence-electron chi connectivity index (χ4n) is 2.84. The van der Waals surface area contributed by atoms with Crippen LogP contribution in [0.4, 0.5) is 0 Å². The minimum absolute atomic E-state index is 0.0320. The maximum absolute atomic E-state index is 12.5. The number of cyclic esters (lactones) is 1. The Bertz CT molecular complexity index is 835. The van der Waals surface area contributed by atoms with E-state index in [2.05, 4.69) is 4.98 Å². The van der Waals surface area contributed by atoms with Crippen LogP contribution in [0.5, 0.6) is 0 Å². The van der Waals surface area contributed by atoms with Gasteiger partial charge in [-0.2, -0.15) is 0 Å². The van der Waals surface area contributed by atoms with Gasteiger partial charge in [-0.15, -0.1) is 0 Å². The van der Waals surface area contributed by atoms with Crippen molar-refractivity contribution >= 4 is 11.8 Å². The summed E-state index contributed by atoms with van der Waals surface area (Å²) < 4.78 is 5.26. The van der Waals surface area contributed by atoms with E-state index in [1.54, 1.807) is 44.2 Å². The highest BCUT2D eigenvalue weighted by Gasteiger charge is 2.33. The molecule has 5 nitrogen and oxygen atoms in total. The van der Waals surface area contributed by atoms with Crippen LogP contribution >= 0.6 is 0 Å². The molecule has 0 saturated heterocycles. The molecular formula is C17H15NO4. The van der Waals surface area contributed by atoms with Crippen molar-refractivity contribution in [2.45, 2.75) is 26.4 Å². The minimum atomic E-state index is -0.628. The normalized spacial score (nSPS) is 16.3. The number of aryl methyl sites for hydroxylation is 2. The number of carbonyl (C=O) groups excluding carboxylic acids is 2. The van der Waals surface area contributed by atoms with Crippen LogP contribution in [0.3, 0.4) is 0 Å². The monoisotopic (exact) mass is 297 g/mol. The van der Waals surface area contributed by atoms with Crippen molar-refractivity contribution in [2.75, 3.05) is 0 Å². The van der Waals surface area contributed by atoms with E-state index < -0.39 is 17.6 Å². The van der Waals surface area contributed by atoms with Gasteiger partial charge >= 0.3 is 5.97 Å². The molecule has 0 spiro atoms. The van der Waals surface area contributed by atoms with Gasteiger partial charge in [0.15, 0.2) is 5.78 Å². The smallest absolute Gasteiger partial charge is 0.339 e. The number of fused-ring (bicyclic) bond motifs is 1. The molecular weight excluding hydrogens is 282 g/mol. The van der Waals surface area contributed by atoms with E-state index in [1.807, 2.05) is 0 Å². The molecule has 5 heteroatoms. The Morgan fingerprint density at radius 3 is 2.68 bits per heavy atom. The molecule has 1 aromatic carbocycles. The highest BCUT2D eigenvalue weighted by Crippen LogP contribution is 2.33. The Morgan fingerprint density at radius 1 is 1.23 bits per heavy atom. The lowest BCUT2D eigenvalue weighted by Gasteiger charge is -2.11. The largest absolute Gasteiger partial charge is 0.453 e. The zero-order valence-corrected chi connectivity index (χ0v) is 12.3. The number of H-pyrrole nitrogens is 1. The predicted octanol–water partition coefficient (Wildman–Crippen LogP) is 2.48. The number of aromatic nitrogens is 1. The van der Waals surface area contributed by atoms with Crippen molar-refractivity contribution < 1.29 is 14.3 Å². The maximum Gasteiger partial charge on any atom is 0.339 e. The van der Waals surface area contributed by atoms with Crippen molar-refractivity contribution in [2.24, 2.45) is 0 Å². The SMILES string of the molecule is Cc1cc(C)c(C(=O)CC2OC(=O)c3ccccc32)c(=O)[nH]1. The van der Waals surface area contributed by atoms with E-state index in [4.69, 9.17) is 4.74 Å². The number of pyridine rings is 1. The number of esters is 1. The molecule has 0 radical (unpaired) electrons. The zero-order chi connectivity index (χ0) is 15.9. The summed E-state index contributed by atoms with van der Waals surface area (Å²) in [6, 6.07) is 8.74. The number of nitrogens with one attached hydrogen (secondary N) is 1. The third-order valence-corrected chi connectivity index (χ3v) is 3.79. The topological polar surface area (TPSA) is 76.2 Å². The molecule has 0 bridgehead atoms. The fraction of sp³-hybridized carbons (Fsp3) is 0.235. The molecule has 22 heavy (non-hydrogen) atoms. The van der Waals surface area contributed by atoms with Crippen molar-refractivity contribution in [3.63, 3.8) is 0 Å². The molecule has 2 aromatic rings. The standard InChI is InChI=1S/C17H15NO4/c1-9-7-10(2)18-16(20)15(9)13(19)8-14-11-5-3-4-6-12(11)17(21)22-14/h3-7,14H,8H2,1-2H3,(H,18,20). The second-order valence-corrected chi connectivity index (χ2v) is 5.45. The lowest BCUT2D eigenvalue weighted by Crippen LogP contribution is -2.22. The summed E-state index contributed by atoms with van der Waals surface area (Å²) in [6.45, 7) is 3.49. The Labute approximate surface area is 126 Å². The molecule has 1 atom stereocenters. The summed E-state index contributed by atoms with van der Waals surface area (Å²) in [5.74, 6) is -0.754. The molecule has 1 aliphatic heterocycles. The van der Waals surface area contributed by atoms with Crippen LogP contribution in [0.1, 0.15) is 50.1 Å². The van der Waals surface area contributed by atoms with Gasteiger partial charge in [-0.1, -0.05) is 18.2 Å². The number of rotatable bonds is 3. The first-order chi connectivity index (χ1) is 10.5. The van der Waals surface area contributed by atoms with Crippen LogP contribution in [0, 0.1) is 13.8 Å². The van der Waals surface area contributed by atoms with E-state index in [-0.39, 0.29) is 17.8 Å². The van der Waals surface area contributed by atoms with Gasteiger partial charge in [0, 0.05) is 11.3 Å². The van der Waals surface area contributed by atoms with Gasteiger partial charge in [0.25, 0.3) is 5.56 Å². The zero-order valence-electron chi connectivity index (χ0n) is 12.3. The number of ether oxygens (including phenoxy) is 1. The molecule has 0 aliphatic carbocycles. The van der Waals surface area contributed by atoms with E-state index in [0.717, 1.165) is 0 Å². The van der Waals surface area contributed by atoms with Crippen LogP contribution in [0.15, 0.2) is 35.1 Å². The quantitative estimate of drug-likeness (QED) is 0.697. The van der Waals surface area contributed by atoms with Gasteiger partial charge in [-0.25, -0.2) is 4.79 Å². The first-order valence-electron chi connectivity index (χ1n) is 7.01. The van der Waals surface area contributed by atoms with E-state index in [0.29, 0.717) is 22.4 Å². The summed E-state index contributed by atoms with van der Waals surface area (Å²) in [6.07, 6.45) is -0.660. The Kier molecular flexibility index (Phi) is 3.41. The van der Waals surface area contributed by atoms with E-state index in [1.165, 1.54) is 0 Å². The third kappa shape index (κ3) is 2.35. The Balaban J connectivity index is 1.91. The maximum atomic E-state index is 12.5. The third-order valence-electron chi connectivity index (χ3n) is 3.79. The molecule has 1 aliphatic rings. The van der Waals surface area contributed by atoms with Gasteiger partial charge in [-0.05, 0) is 31.5 Å². The fourth-order valence-corrected chi connectivity index (χ4v) is 2.84. The van der Waals surface area contributed by atoms with Crippen LogP contribution in [0.25, 0.3) is 0 Å². The first kappa shape index (κ1) is 14.3. The molecule has 2 heterocycles. The lowest BCUT2D eigenvalue weighted by atomic mass is 9.97. The molecule has 1 aromatic heterocycles.